The average Bonchev–Trinajstić information content (AvgIpc) is 2.37. The van der Waals surface area contributed by atoms with Gasteiger partial charge in [-0.15, -0.1) is 11.8 Å². The minimum absolute atomic E-state index is 0.0567. The highest BCUT2D eigenvalue weighted by molar-refractivity contribution is 7.98. The molecule has 1 unspecified atom stereocenters. The zero-order valence-corrected chi connectivity index (χ0v) is 11.6. The minimum atomic E-state index is -0.363. The molecule has 0 radical (unpaired) electrons. The van der Waals surface area contributed by atoms with Crippen molar-refractivity contribution in [3.63, 3.8) is 0 Å². The van der Waals surface area contributed by atoms with Gasteiger partial charge < -0.3 is 15.7 Å². The average molecular weight is 268 g/mol. The van der Waals surface area contributed by atoms with Gasteiger partial charge in [0.1, 0.15) is 0 Å². The van der Waals surface area contributed by atoms with Crippen LogP contribution in [0.25, 0.3) is 0 Å². The molecule has 0 saturated carbocycles. The largest absolute Gasteiger partial charge is 0.392 e. The van der Waals surface area contributed by atoms with E-state index in [4.69, 9.17) is 5.11 Å². The van der Waals surface area contributed by atoms with E-state index in [9.17, 15) is 4.79 Å². The number of carbonyl (C=O) groups is 1. The molecule has 3 N–H and O–H groups in total. The predicted octanol–water partition coefficient (Wildman–Crippen LogP) is 1.11. The van der Waals surface area contributed by atoms with Crippen LogP contribution in [0.2, 0.25) is 0 Å². The lowest BCUT2D eigenvalue weighted by Crippen LogP contribution is -2.34. The lowest BCUT2D eigenvalue weighted by molar-refractivity contribution is 0.0950. The molecule has 0 aliphatic carbocycles. The van der Waals surface area contributed by atoms with Gasteiger partial charge in [-0.05, 0) is 25.3 Å². The van der Waals surface area contributed by atoms with Crippen LogP contribution in [0.5, 0.6) is 0 Å². The summed E-state index contributed by atoms with van der Waals surface area (Å²) in [6.07, 6.45) is 1.59. The summed E-state index contributed by atoms with van der Waals surface area (Å²) >= 11 is 1.56. The summed E-state index contributed by atoms with van der Waals surface area (Å²) in [5, 5.41) is 15.0. The van der Waals surface area contributed by atoms with Crippen LogP contribution in [-0.2, 0) is 0 Å². The number of thioether (sulfide) groups is 1. The van der Waals surface area contributed by atoms with Crippen molar-refractivity contribution in [2.45, 2.75) is 17.9 Å². The maximum Gasteiger partial charge on any atom is 0.252 e. The molecule has 4 nitrogen and oxygen atoms in total. The topological polar surface area (TPSA) is 61.4 Å². The molecule has 0 aliphatic rings. The fourth-order valence-corrected chi connectivity index (χ4v) is 2.10. The molecule has 1 rings (SSSR count). The van der Waals surface area contributed by atoms with Gasteiger partial charge in [0.25, 0.3) is 5.91 Å². The Morgan fingerprint density at radius 1 is 1.39 bits per heavy atom. The van der Waals surface area contributed by atoms with Crippen LogP contribution in [0.1, 0.15) is 17.3 Å². The Balaban J connectivity index is 2.36. The number of hydrogen-bond acceptors (Lipinski definition) is 4. The highest BCUT2D eigenvalue weighted by atomic mass is 32.2. The Labute approximate surface area is 112 Å². The van der Waals surface area contributed by atoms with E-state index in [0.717, 1.165) is 4.90 Å². The van der Waals surface area contributed by atoms with Crippen molar-refractivity contribution in [1.82, 2.24) is 10.6 Å². The number of amides is 1. The Hall–Kier alpha value is -1.04. The number of benzene rings is 1. The van der Waals surface area contributed by atoms with Crippen molar-refractivity contribution in [3.05, 3.63) is 29.8 Å². The van der Waals surface area contributed by atoms with Gasteiger partial charge in [0.05, 0.1) is 11.7 Å². The Morgan fingerprint density at radius 3 is 2.78 bits per heavy atom. The maximum atomic E-state index is 11.9. The number of aliphatic hydroxyl groups excluding tert-OH is 1. The standard InChI is InChI=1S/C13H20N2O2S/c1-10(16)9-14-7-8-15-13(17)11-5-3-4-6-12(11)18-2/h3-6,10,14,16H,7-9H2,1-2H3,(H,15,17). The number of rotatable bonds is 7. The van der Waals surface area contributed by atoms with E-state index < -0.39 is 0 Å². The molecule has 0 heterocycles. The van der Waals surface area contributed by atoms with Crippen LogP contribution >= 0.6 is 11.8 Å². The van der Waals surface area contributed by atoms with Crippen molar-refractivity contribution < 1.29 is 9.90 Å². The van der Waals surface area contributed by atoms with Crippen molar-refractivity contribution in [2.75, 3.05) is 25.9 Å². The third-order valence-corrected chi connectivity index (χ3v) is 3.17. The molecular formula is C13H20N2O2S. The van der Waals surface area contributed by atoms with Gasteiger partial charge in [0.2, 0.25) is 0 Å². The Kier molecular flexibility index (Phi) is 6.78. The first-order chi connectivity index (χ1) is 8.65. The van der Waals surface area contributed by atoms with E-state index in [1.54, 1.807) is 18.7 Å². The molecule has 0 fully saturated rings. The zero-order chi connectivity index (χ0) is 13.4. The summed E-state index contributed by atoms with van der Waals surface area (Å²) in [6.45, 7) is 3.46. The highest BCUT2D eigenvalue weighted by Crippen LogP contribution is 2.19. The second-order valence-electron chi connectivity index (χ2n) is 4.01. The quantitative estimate of drug-likeness (QED) is 0.512. The lowest BCUT2D eigenvalue weighted by atomic mass is 10.2. The normalized spacial score (nSPS) is 12.2. The zero-order valence-electron chi connectivity index (χ0n) is 10.8. The van der Waals surface area contributed by atoms with Crippen LogP contribution in [0, 0.1) is 0 Å². The van der Waals surface area contributed by atoms with Gasteiger partial charge in [0, 0.05) is 24.5 Å². The molecule has 100 valence electrons. The minimum Gasteiger partial charge on any atom is -0.392 e. The summed E-state index contributed by atoms with van der Waals surface area (Å²) in [5.74, 6) is -0.0567. The second-order valence-corrected chi connectivity index (χ2v) is 4.86. The molecule has 0 spiro atoms. The Morgan fingerprint density at radius 2 is 2.11 bits per heavy atom. The predicted molar refractivity (Wildman–Crippen MR) is 75.1 cm³/mol. The van der Waals surface area contributed by atoms with Crippen molar-refractivity contribution in [2.24, 2.45) is 0 Å². The summed E-state index contributed by atoms with van der Waals surface area (Å²) in [5.41, 5.74) is 0.709. The van der Waals surface area contributed by atoms with E-state index in [2.05, 4.69) is 10.6 Å². The maximum absolute atomic E-state index is 11.9. The van der Waals surface area contributed by atoms with Crippen molar-refractivity contribution in [3.8, 4) is 0 Å². The number of carbonyl (C=O) groups excluding carboxylic acids is 1. The summed E-state index contributed by atoms with van der Waals surface area (Å²) in [6, 6.07) is 7.54. The van der Waals surface area contributed by atoms with Crippen LogP contribution in [0.3, 0.4) is 0 Å². The molecular weight excluding hydrogens is 248 g/mol. The molecule has 1 atom stereocenters. The molecule has 18 heavy (non-hydrogen) atoms. The van der Waals surface area contributed by atoms with Crippen LogP contribution in [-0.4, -0.2) is 43.0 Å². The first kappa shape index (κ1) is 15.0. The van der Waals surface area contributed by atoms with E-state index in [-0.39, 0.29) is 12.0 Å². The number of nitrogens with one attached hydrogen (secondary N) is 2. The monoisotopic (exact) mass is 268 g/mol. The fourth-order valence-electron chi connectivity index (χ4n) is 1.50. The van der Waals surface area contributed by atoms with Crippen molar-refractivity contribution >= 4 is 17.7 Å². The molecule has 1 amide bonds. The number of hydrogen-bond donors (Lipinski definition) is 3. The third-order valence-electron chi connectivity index (χ3n) is 2.38. The molecule has 1 aromatic carbocycles. The lowest BCUT2D eigenvalue weighted by Gasteiger charge is -2.10. The van der Waals surface area contributed by atoms with E-state index >= 15 is 0 Å². The molecule has 1 aromatic rings. The smallest absolute Gasteiger partial charge is 0.252 e. The van der Waals surface area contributed by atoms with Gasteiger partial charge in [-0.1, -0.05) is 12.1 Å². The fraction of sp³-hybridized carbons (Fsp3) is 0.462. The molecule has 0 aliphatic heterocycles. The van der Waals surface area contributed by atoms with Gasteiger partial charge in [-0.3, -0.25) is 4.79 Å². The van der Waals surface area contributed by atoms with Gasteiger partial charge in [-0.2, -0.15) is 0 Å². The second kappa shape index (κ2) is 8.13. The van der Waals surface area contributed by atoms with Crippen molar-refractivity contribution in [1.29, 1.82) is 0 Å². The third kappa shape index (κ3) is 5.08. The summed E-state index contributed by atoms with van der Waals surface area (Å²) < 4.78 is 0. The van der Waals surface area contributed by atoms with Gasteiger partial charge in [0.15, 0.2) is 0 Å². The van der Waals surface area contributed by atoms with Crippen LogP contribution < -0.4 is 10.6 Å². The number of aliphatic hydroxyl groups is 1. The molecule has 0 aromatic heterocycles. The molecule has 5 heteroatoms. The van der Waals surface area contributed by atoms with Gasteiger partial charge in [-0.25, -0.2) is 0 Å². The van der Waals surface area contributed by atoms with E-state index in [0.29, 0.717) is 25.2 Å². The SMILES string of the molecule is CSc1ccccc1C(=O)NCCNCC(C)O. The Bertz CT molecular complexity index is 383. The van der Waals surface area contributed by atoms with E-state index in [1.807, 2.05) is 30.5 Å². The van der Waals surface area contributed by atoms with Crippen LogP contribution in [0.4, 0.5) is 0 Å². The molecule has 0 bridgehead atoms. The summed E-state index contributed by atoms with van der Waals surface area (Å²) in [7, 11) is 0. The van der Waals surface area contributed by atoms with Gasteiger partial charge >= 0.3 is 0 Å². The summed E-state index contributed by atoms with van der Waals surface area (Å²) in [4.78, 5) is 12.9. The van der Waals surface area contributed by atoms with Crippen LogP contribution in [0.15, 0.2) is 29.2 Å². The first-order valence-electron chi connectivity index (χ1n) is 5.95. The van der Waals surface area contributed by atoms with E-state index in [1.165, 1.54) is 0 Å². The molecule has 0 saturated heterocycles. The first-order valence-corrected chi connectivity index (χ1v) is 7.17. The highest BCUT2D eigenvalue weighted by Gasteiger charge is 2.08.